The summed E-state index contributed by atoms with van der Waals surface area (Å²) in [6.07, 6.45) is -1.32. The zero-order chi connectivity index (χ0) is 19.9. The van der Waals surface area contributed by atoms with Crippen LogP contribution in [0.1, 0.15) is 53.1 Å². The van der Waals surface area contributed by atoms with Crippen molar-refractivity contribution >= 4 is 20.3 Å². The molecule has 5 nitrogen and oxygen atoms in total. The van der Waals surface area contributed by atoms with Crippen LogP contribution in [0.3, 0.4) is 0 Å². The molecule has 0 spiro atoms. The Labute approximate surface area is 157 Å². The lowest BCUT2D eigenvalue weighted by atomic mass is 9.91. The molecular weight excluding hydrogens is 346 g/mol. The van der Waals surface area contributed by atoms with E-state index in [-0.39, 0.29) is 10.9 Å². The van der Waals surface area contributed by atoms with Crippen LogP contribution in [-0.4, -0.2) is 36.9 Å². The number of amides is 2. The number of rotatable bonds is 4. The minimum atomic E-state index is -2.14. The second kappa shape index (κ2) is 6.81. The molecule has 1 aliphatic rings. The van der Waals surface area contributed by atoms with Crippen molar-refractivity contribution in [3.05, 3.63) is 35.9 Å². The number of cyclic esters (lactones) is 1. The highest BCUT2D eigenvalue weighted by Gasteiger charge is 2.53. The van der Waals surface area contributed by atoms with E-state index in [1.807, 2.05) is 44.2 Å². The van der Waals surface area contributed by atoms with Gasteiger partial charge in [0.1, 0.15) is 17.7 Å². The summed E-state index contributed by atoms with van der Waals surface area (Å²) in [6.45, 7) is 15.9. The predicted octanol–water partition coefficient (Wildman–Crippen LogP) is 4.90. The molecule has 0 aliphatic carbocycles. The number of carbonyl (C=O) groups is 2. The Morgan fingerprint density at radius 2 is 1.77 bits per heavy atom. The van der Waals surface area contributed by atoms with E-state index in [1.54, 1.807) is 6.92 Å². The Kier molecular flexibility index (Phi) is 5.41. The van der Waals surface area contributed by atoms with Crippen molar-refractivity contribution in [2.24, 2.45) is 0 Å². The summed E-state index contributed by atoms with van der Waals surface area (Å²) in [5, 5.41) is -0.0227. The van der Waals surface area contributed by atoms with Gasteiger partial charge in [-0.1, -0.05) is 51.1 Å². The van der Waals surface area contributed by atoms with Gasteiger partial charge in [0.2, 0.25) is 0 Å². The van der Waals surface area contributed by atoms with Crippen molar-refractivity contribution in [1.29, 1.82) is 0 Å². The molecule has 0 bridgehead atoms. The van der Waals surface area contributed by atoms with Crippen LogP contribution in [0.15, 0.2) is 30.3 Å². The standard InChI is InChI=1S/C20H31NO4Si/c1-14(25-26(7,8)19(2,3)4)17(22)21-16(15-12-10-9-11-13-15)20(5,6)24-18(21)23/h9-14,16H,1-8H3/t14-,16+/m0/s1. The highest BCUT2D eigenvalue weighted by atomic mass is 28.4. The van der Waals surface area contributed by atoms with E-state index in [0.29, 0.717) is 0 Å². The summed E-state index contributed by atoms with van der Waals surface area (Å²) in [4.78, 5) is 26.9. The van der Waals surface area contributed by atoms with Crippen molar-refractivity contribution < 1.29 is 18.8 Å². The van der Waals surface area contributed by atoms with Crippen LogP contribution in [0.2, 0.25) is 18.1 Å². The Morgan fingerprint density at radius 3 is 2.27 bits per heavy atom. The molecule has 0 saturated carbocycles. The second-order valence-corrected chi connectivity index (χ2v) is 13.8. The van der Waals surface area contributed by atoms with Crippen LogP contribution in [0.4, 0.5) is 4.79 Å². The molecule has 1 heterocycles. The third-order valence-electron chi connectivity index (χ3n) is 5.44. The average Bonchev–Trinajstić information content (AvgIpc) is 2.74. The van der Waals surface area contributed by atoms with Crippen molar-refractivity contribution in [1.82, 2.24) is 4.90 Å². The summed E-state index contributed by atoms with van der Waals surface area (Å²) in [5.41, 5.74) is 0.0707. The molecule has 0 radical (unpaired) electrons. The Bertz CT molecular complexity index is 679. The van der Waals surface area contributed by atoms with Crippen LogP contribution in [-0.2, 0) is 14.0 Å². The van der Waals surface area contributed by atoms with Gasteiger partial charge in [0.15, 0.2) is 8.32 Å². The molecule has 2 rings (SSSR count). The third kappa shape index (κ3) is 3.86. The number of hydrogen-bond acceptors (Lipinski definition) is 4. The van der Waals surface area contributed by atoms with Crippen LogP contribution in [0.25, 0.3) is 0 Å². The monoisotopic (exact) mass is 377 g/mol. The maximum Gasteiger partial charge on any atom is 0.417 e. The Morgan fingerprint density at radius 1 is 1.23 bits per heavy atom. The van der Waals surface area contributed by atoms with E-state index in [0.717, 1.165) is 5.56 Å². The molecule has 1 aliphatic heterocycles. The highest BCUT2D eigenvalue weighted by Crippen LogP contribution is 2.42. The SMILES string of the molecule is C[C@H](O[Si](C)(C)C(C)(C)C)C(=O)N1C(=O)OC(C)(C)[C@H]1c1ccccc1. The number of benzene rings is 1. The van der Waals surface area contributed by atoms with Crippen molar-refractivity contribution in [3.63, 3.8) is 0 Å². The van der Waals surface area contributed by atoms with Crippen molar-refractivity contribution in [2.45, 2.75) is 77.4 Å². The zero-order valence-electron chi connectivity index (χ0n) is 17.1. The summed E-state index contributed by atoms with van der Waals surface area (Å²) >= 11 is 0. The van der Waals surface area contributed by atoms with Crippen LogP contribution < -0.4 is 0 Å². The Hall–Kier alpha value is -1.66. The fourth-order valence-corrected chi connectivity index (χ4v) is 4.35. The number of ether oxygens (including phenoxy) is 1. The van der Waals surface area contributed by atoms with Gasteiger partial charge in [0.25, 0.3) is 5.91 Å². The molecule has 2 amide bonds. The van der Waals surface area contributed by atoms with E-state index in [1.165, 1.54) is 4.90 Å². The molecule has 0 N–H and O–H groups in total. The molecule has 1 aromatic carbocycles. The third-order valence-corrected chi connectivity index (χ3v) is 10.00. The lowest BCUT2D eigenvalue weighted by molar-refractivity contribution is -0.137. The fraction of sp³-hybridized carbons (Fsp3) is 0.600. The molecule has 0 unspecified atom stereocenters. The van der Waals surface area contributed by atoms with Gasteiger partial charge < -0.3 is 9.16 Å². The van der Waals surface area contributed by atoms with Crippen LogP contribution in [0, 0.1) is 0 Å². The topological polar surface area (TPSA) is 55.8 Å². The second-order valence-electron chi connectivity index (χ2n) is 9.01. The molecule has 1 aromatic rings. The lowest BCUT2D eigenvalue weighted by Gasteiger charge is -2.39. The quantitative estimate of drug-likeness (QED) is 0.701. The van der Waals surface area contributed by atoms with Crippen LogP contribution in [0.5, 0.6) is 0 Å². The largest absolute Gasteiger partial charge is 0.440 e. The first-order valence-corrected chi connectivity index (χ1v) is 12.0. The van der Waals surface area contributed by atoms with Gasteiger partial charge >= 0.3 is 6.09 Å². The van der Waals surface area contributed by atoms with Gasteiger partial charge in [-0.3, -0.25) is 4.79 Å². The van der Waals surface area contributed by atoms with Gasteiger partial charge in [-0.2, -0.15) is 0 Å². The zero-order valence-corrected chi connectivity index (χ0v) is 18.1. The van der Waals surface area contributed by atoms with Gasteiger partial charge in [0, 0.05) is 0 Å². The number of carbonyl (C=O) groups excluding carboxylic acids is 2. The molecule has 0 aromatic heterocycles. The van der Waals surface area contributed by atoms with E-state index in [4.69, 9.17) is 9.16 Å². The molecule has 144 valence electrons. The average molecular weight is 378 g/mol. The molecule has 2 atom stereocenters. The molecular formula is C20H31NO4Si. The summed E-state index contributed by atoms with van der Waals surface area (Å²) in [5.74, 6) is -0.348. The molecule has 26 heavy (non-hydrogen) atoms. The Balaban J connectivity index is 2.32. The molecule has 1 fully saturated rings. The smallest absolute Gasteiger partial charge is 0.417 e. The summed E-state index contributed by atoms with van der Waals surface area (Å²) in [7, 11) is -2.14. The van der Waals surface area contributed by atoms with E-state index < -0.39 is 32.2 Å². The summed E-state index contributed by atoms with van der Waals surface area (Å²) in [6, 6.07) is 9.04. The van der Waals surface area contributed by atoms with Gasteiger partial charge in [-0.05, 0) is 44.5 Å². The van der Waals surface area contributed by atoms with Crippen molar-refractivity contribution in [2.75, 3.05) is 0 Å². The van der Waals surface area contributed by atoms with E-state index in [2.05, 4.69) is 33.9 Å². The summed E-state index contributed by atoms with van der Waals surface area (Å²) < 4.78 is 11.7. The van der Waals surface area contributed by atoms with Gasteiger partial charge in [-0.15, -0.1) is 0 Å². The van der Waals surface area contributed by atoms with E-state index >= 15 is 0 Å². The van der Waals surface area contributed by atoms with Crippen molar-refractivity contribution in [3.8, 4) is 0 Å². The first kappa shape index (κ1) is 20.6. The maximum atomic E-state index is 13.2. The minimum absolute atomic E-state index is 0.0227. The highest BCUT2D eigenvalue weighted by molar-refractivity contribution is 6.74. The molecule has 1 saturated heterocycles. The lowest BCUT2D eigenvalue weighted by Crippen LogP contribution is -2.49. The van der Waals surface area contributed by atoms with Gasteiger partial charge in [0.05, 0.1) is 0 Å². The molecule has 6 heteroatoms. The number of hydrogen-bond donors (Lipinski definition) is 0. The predicted molar refractivity (Wildman–Crippen MR) is 104 cm³/mol. The van der Waals surface area contributed by atoms with Crippen LogP contribution >= 0.6 is 0 Å². The first-order chi connectivity index (χ1) is 11.8. The normalized spacial score (nSPS) is 21.5. The number of imide groups is 1. The van der Waals surface area contributed by atoms with E-state index in [9.17, 15) is 9.59 Å². The van der Waals surface area contributed by atoms with Gasteiger partial charge in [-0.25, -0.2) is 9.69 Å². The maximum absolute atomic E-state index is 13.2. The fourth-order valence-electron chi connectivity index (χ4n) is 3.01. The number of nitrogens with zero attached hydrogens (tertiary/aromatic N) is 1. The minimum Gasteiger partial charge on any atom is -0.440 e. The first-order valence-electron chi connectivity index (χ1n) is 9.07.